The predicted octanol–water partition coefficient (Wildman–Crippen LogP) is 1.26. The molecule has 1 N–H and O–H groups in total. The Balaban J connectivity index is 2.80. The van der Waals surface area contributed by atoms with Crippen LogP contribution in [0.3, 0.4) is 0 Å². The third-order valence-electron chi connectivity index (χ3n) is 2.57. The van der Waals surface area contributed by atoms with Crippen LogP contribution in [-0.4, -0.2) is 31.6 Å². The number of carbonyl (C=O) groups is 2. The van der Waals surface area contributed by atoms with Gasteiger partial charge in [0.15, 0.2) is 15.6 Å². The van der Waals surface area contributed by atoms with Gasteiger partial charge in [0, 0.05) is 17.5 Å². The fraction of sp³-hybridized carbons (Fsp3) is 0.333. The van der Waals surface area contributed by atoms with Crippen LogP contribution in [-0.2, 0) is 14.6 Å². The van der Waals surface area contributed by atoms with E-state index in [2.05, 4.69) is 5.32 Å². The maximum atomic E-state index is 11.6. The molecule has 98 valence electrons. The Morgan fingerprint density at radius 3 is 2.06 bits per heavy atom. The molecule has 0 aliphatic carbocycles. The molecule has 1 amide bonds. The Labute approximate surface area is 106 Å². The van der Waals surface area contributed by atoms with Crippen molar-refractivity contribution in [3.63, 3.8) is 0 Å². The molecule has 1 aromatic carbocycles. The van der Waals surface area contributed by atoms with E-state index < -0.39 is 21.0 Å². The highest BCUT2D eigenvalue weighted by molar-refractivity contribution is 7.92. The lowest BCUT2D eigenvalue weighted by Gasteiger charge is -2.10. The average Bonchev–Trinajstić information content (AvgIpc) is 2.27. The molecular weight excluding hydrogens is 254 g/mol. The zero-order valence-corrected chi connectivity index (χ0v) is 11.2. The summed E-state index contributed by atoms with van der Waals surface area (Å²) >= 11 is 0. The van der Waals surface area contributed by atoms with E-state index in [9.17, 15) is 18.0 Å². The first kappa shape index (κ1) is 14.4. The summed E-state index contributed by atoms with van der Waals surface area (Å²) in [5.41, 5.74) is 0.990. The van der Waals surface area contributed by atoms with Crippen LogP contribution in [0.5, 0.6) is 0 Å². The van der Waals surface area contributed by atoms with Crippen molar-refractivity contribution in [2.45, 2.75) is 19.1 Å². The fourth-order valence-electron chi connectivity index (χ4n) is 1.23. The van der Waals surface area contributed by atoms with Crippen LogP contribution in [0.2, 0.25) is 0 Å². The minimum Gasteiger partial charge on any atom is -0.325 e. The van der Waals surface area contributed by atoms with Gasteiger partial charge in [-0.2, -0.15) is 0 Å². The van der Waals surface area contributed by atoms with Crippen LogP contribution in [0.25, 0.3) is 0 Å². The van der Waals surface area contributed by atoms with Crippen LogP contribution < -0.4 is 5.32 Å². The quantitative estimate of drug-likeness (QED) is 0.834. The topological polar surface area (TPSA) is 80.3 Å². The number of hydrogen-bond acceptors (Lipinski definition) is 4. The molecule has 1 atom stereocenters. The van der Waals surface area contributed by atoms with Crippen molar-refractivity contribution < 1.29 is 18.0 Å². The highest BCUT2D eigenvalue weighted by Crippen LogP contribution is 2.11. The smallest absolute Gasteiger partial charge is 0.242 e. The van der Waals surface area contributed by atoms with Gasteiger partial charge < -0.3 is 5.32 Å². The van der Waals surface area contributed by atoms with E-state index >= 15 is 0 Å². The third-order valence-corrected chi connectivity index (χ3v) is 4.07. The average molecular weight is 269 g/mol. The number of sulfone groups is 1. The molecule has 1 aromatic rings. The summed E-state index contributed by atoms with van der Waals surface area (Å²) in [6.07, 6.45) is 1.01. The minimum atomic E-state index is -3.41. The highest BCUT2D eigenvalue weighted by atomic mass is 32.2. The second-order valence-corrected chi connectivity index (χ2v) is 6.46. The molecule has 0 aromatic heterocycles. The van der Waals surface area contributed by atoms with Crippen molar-refractivity contribution >= 4 is 27.2 Å². The summed E-state index contributed by atoms with van der Waals surface area (Å²) in [4.78, 5) is 22.7. The molecule has 5 nitrogen and oxygen atoms in total. The monoisotopic (exact) mass is 269 g/mol. The van der Waals surface area contributed by atoms with Gasteiger partial charge in [-0.1, -0.05) is 0 Å². The largest absolute Gasteiger partial charge is 0.325 e. The number of amides is 1. The maximum Gasteiger partial charge on any atom is 0.242 e. The Bertz CT molecular complexity index is 560. The molecule has 0 spiro atoms. The van der Waals surface area contributed by atoms with Gasteiger partial charge >= 0.3 is 0 Å². The van der Waals surface area contributed by atoms with Crippen LogP contribution in [0.1, 0.15) is 24.2 Å². The molecule has 1 unspecified atom stereocenters. The normalized spacial score (nSPS) is 12.8. The number of nitrogens with one attached hydrogen (secondary N) is 1. The van der Waals surface area contributed by atoms with E-state index in [1.54, 1.807) is 24.3 Å². The van der Waals surface area contributed by atoms with Gasteiger partial charge in [0.05, 0.1) is 0 Å². The van der Waals surface area contributed by atoms with Gasteiger partial charge in [0.2, 0.25) is 5.91 Å². The van der Waals surface area contributed by atoms with E-state index in [0.29, 0.717) is 11.3 Å². The molecule has 6 heteroatoms. The minimum absolute atomic E-state index is 0.0719. The molecule has 1 rings (SSSR count). The molecule has 0 aliphatic rings. The molecule has 0 radical (unpaired) electrons. The number of ketones is 1. The van der Waals surface area contributed by atoms with Crippen molar-refractivity contribution in [1.82, 2.24) is 0 Å². The molecule has 0 fully saturated rings. The zero-order valence-electron chi connectivity index (χ0n) is 10.4. The standard InChI is InChI=1S/C12H15NO4S/c1-8(14)10-4-6-11(7-5-10)13-12(15)9(2)18(3,16)17/h4-7,9H,1-3H3,(H,13,15). The van der Waals surface area contributed by atoms with E-state index in [-0.39, 0.29) is 5.78 Å². The lowest BCUT2D eigenvalue weighted by molar-refractivity contribution is -0.115. The summed E-state index contributed by atoms with van der Waals surface area (Å²) in [6.45, 7) is 2.77. The molecule has 0 heterocycles. The summed E-state index contributed by atoms with van der Waals surface area (Å²) < 4.78 is 22.4. The number of rotatable bonds is 4. The molecule has 0 saturated heterocycles. The lowest BCUT2D eigenvalue weighted by Crippen LogP contribution is -2.31. The predicted molar refractivity (Wildman–Crippen MR) is 69.4 cm³/mol. The van der Waals surface area contributed by atoms with Gasteiger partial charge in [-0.15, -0.1) is 0 Å². The summed E-state index contributed by atoms with van der Waals surface area (Å²) in [6, 6.07) is 6.26. The molecule has 0 aliphatic heterocycles. The molecule has 0 saturated carbocycles. The van der Waals surface area contributed by atoms with Crippen molar-refractivity contribution in [2.24, 2.45) is 0 Å². The van der Waals surface area contributed by atoms with Crippen molar-refractivity contribution in [2.75, 3.05) is 11.6 Å². The Hall–Kier alpha value is -1.69. The van der Waals surface area contributed by atoms with Gasteiger partial charge in [-0.25, -0.2) is 8.42 Å². The number of anilines is 1. The van der Waals surface area contributed by atoms with Gasteiger partial charge in [0.25, 0.3) is 0 Å². The SMILES string of the molecule is CC(=O)c1ccc(NC(=O)C(C)S(C)(=O)=O)cc1. The first-order valence-corrected chi connectivity index (χ1v) is 7.28. The second kappa shape index (κ2) is 5.30. The number of carbonyl (C=O) groups excluding carboxylic acids is 2. The Morgan fingerprint density at radius 2 is 1.67 bits per heavy atom. The summed E-state index contributed by atoms with van der Waals surface area (Å²) in [5, 5.41) is 1.38. The number of hydrogen-bond donors (Lipinski definition) is 1. The first-order chi connectivity index (χ1) is 8.21. The summed E-state index contributed by atoms with van der Waals surface area (Å²) in [5.74, 6) is -0.662. The van der Waals surface area contributed by atoms with Crippen molar-refractivity contribution in [1.29, 1.82) is 0 Å². The highest BCUT2D eigenvalue weighted by Gasteiger charge is 2.23. The van der Waals surface area contributed by atoms with Crippen LogP contribution >= 0.6 is 0 Å². The van der Waals surface area contributed by atoms with E-state index in [1.165, 1.54) is 13.8 Å². The fourth-order valence-corrected chi connectivity index (χ4v) is 1.67. The van der Waals surface area contributed by atoms with Crippen LogP contribution in [0.15, 0.2) is 24.3 Å². The Morgan fingerprint density at radius 1 is 1.17 bits per heavy atom. The number of benzene rings is 1. The van der Waals surface area contributed by atoms with Crippen LogP contribution in [0.4, 0.5) is 5.69 Å². The number of Topliss-reactive ketones (excluding diaryl/α,β-unsaturated/α-hetero) is 1. The summed E-state index contributed by atoms with van der Waals surface area (Å²) in [7, 11) is -3.41. The Kier molecular flexibility index (Phi) is 4.24. The van der Waals surface area contributed by atoms with E-state index in [4.69, 9.17) is 0 Å². The maximum absolute atomic E-state index is 11.6. The van der Waals surface area contributed by atoms with Gasteiger partial charge in [-0.3, -0.25) is 9.59 Å². The van der Waals surface area contributed by atoms with E-state index in [0.717, 1.165) is 6.26 Å². The van der Waals surface area contributed by atoms with Crippen molar-refractivity contribution in [3.05, 3.63) is 29.8 Å². The molecule has 0 bridgehead atoms. The second-order valence-electron chi connectivity index (χ2n) is 4.09. The van der Waals surface area contributed by atoms with Gasteiger partial charge in [-0.05, 0) is 38.1 Å². The van der Waals surface area contributed by atoms with Crippen molar-refractivity contribution in [3.8, 4) is 0 Å². The molecule has 18 heavy (non-hydrogen) atoms. The molecular formula is C12H15NO4S. The van der Waals surface area contributed by atoms with Crippen LogP contribution in [0, 0.1) is 0 Å². The lowest BCUT2D eigenvalue weighted by atomic mass is 10.1. The first-order valence-electron chi connectivity index (χ1n) is 5.32. The third kappa shape index (κ3) is 3.66. The van der Waals surface area contributed by atoms with E-state index in [1.807, 2.05) is 0 Å². The van der Waals surface area contributed by atoms with Gasteiger partial charge in [0.1, 0.15) is 5.25 Å². The zero-order chi connectivity index (χ0) is 13.9.